The second-order valence-corrected chi connectivity index (χ2v) is 10.8. The minimum Gasteiger partial charge on any atom is -0.346 e. The van der Waals surface area contributed by atoms with Crippen LogP contribution in [0.5, 0.6) is 0 Å². The van der Waals surface area contributed by atoms with Crippen LogP contribution in [0.2, 0.25) is 0 Å². The summed E-state index contributed by atoms with van der Waals surface area (Å²) in [5.74, 6) is 1.14. The van der Waals surface area contributed by atoms with Crippen molar-refractivity contribution in [3.05, 3.63) is 36.0 Å². The zero-order valence-corrected chi connectivity index (χ0v) is 22.7. The summed E-state index contributed by atoms with van der Waals surface area (Å²) < 4.78 is 0. The van der Waals surface area contributed by atoms with E-state index in [1.165, 1.54) is 30.8 Å². The molecule has 0 radical (unpaired) electrons. The van der Waals surface area contributed by atoms with Gasteiger partial charge in [0.25, 0.3) is 0 Å². The average molecular weight is 524 g/mol. The highest BCUT2D eigenvalue weighted by Gasteiger charge is 2.22. The van der Waals surface area contributed by atoms with E-state index in [0.29, 0.717) is 12.5 Å². The van der Waals surface area contributed by atoms with Gasteiger partial charge in [-0.3, -0.25) is 15.7 Å². The lowest BCUT2D eigenvalue weighted by Crippen LogP contribution is -2.44. The predicted octanol–water partition coefficient (Wildman–Crippen LogP) is 3.36. The highest BCUT2D eigenvalue weighted by molar-refractivity contribution is 8.14. The highest BCUT2D eigenvalue weighted by atomic mass is 32.2. The molecule has 200 valence electrons. The third-order valence-electron chi connectivity index (χ3n) is 7.04. The number of thioether (sulfide) groups is 1. The van der Waals surface area contributed by atoms with E-state index in [2.05, 4.69) is 31.2 Å². The standard InChI is InChI=1S/C27H41N9S/c1-30-27(37-26(29)20-5-2-3-6-20)35-25-8-7-23-24(34-25)17-22(19-33-23)21(18-28)9-11-31-10-4-14-36-15-12-32-13-16-36/h7-9,17-20,27-32H,2-6,10-16H2,1H3,(H,34,35)/b21-9+,28-18?,29-26?. The van der Waals surface area contributed by atoms with Crippen molar-refractivity contribution in [3.8, 4) is 0 Å². The Balaban J connectivity index is 1.32. The SMILES string of the molecule is CNC(Nc1ccc2ncc(/C(C=N)=C/CNCCCN3CCNCC3)cc2n1)SC(=N)C1CCCC1. The number of hydrogen-bond donors (Lipinski definition) is 6. The van der Waals surface area contributed by atoms with Crippen LogP contribution in [-0.2, 0) is 0 Å². The van der Waals surface area contributed by atoms with Gasteiger partial charge in [0.15, 0.2) is 0 Å². The first-order valence-corrected chi connectivity index (χ1v) is 14.3. The molecule has 0 amide bonds. The third-order valence-corrected chi connectivity index (χ3v) is 8.22. The number of fused-ring (bicyclic) bond motifs is 1. The van der Waals surface area contributed by atoms with Crippen molar-refractivity contribution in [2.45, 2.75) is 37.6 Å². The van der Waals surface area contributed by atoms with E-state index in [1.807, 2.05) is 37.5 Å². The van der Waals surface area contributed by atoms with Crippen LogP contribution in [0.3, 0.4) is 0 Å². The molecular weight excluding hydrogens is 482 g/mol. The molecule has 10 heteroatoms. The first kappa shape index (κ1) is 27.7. The maximum Gasteiger partial charge on any atom is 0.132 e. The summed E-state index contributed by atoms with van der Waals surface area (Å²) in [5, 5.41) is 30.7. The van der Waals surface area contributed by atoms with Crippen molar-refractivity contribution < 1.29 is 0 Å². The summed E-state index contributed by atoms with van der Waals surface area (Å²) in [6.07, 6.45) is 11.1. The summed E-state index contributed by atoms with van der Waals surface area (Å²) in [6.45, 7) is 7.25. The molecule has 1 atom stereocenters. The molecule has 2 aromatic heterocycles. The molecule has 1 saturated heterocycles. The van der Waals surface area contributed by atoms with E-state index in [1.54, 1.807) is 0 Å². The van der Waals surface area contributed by atoms with Gasteiger partial charge in [-0.25, -0.2) is 4.98 Å². The number of allylic oxidation sites excluding steroid dienone is 1. The van der Waals surface area contributed by atoms with Gasteiger partial charge in [0.1, 0.15) is 11.3 Å². The number of pyridine rings is 2. The van der Waals surface area contributed by atoms with Crippen LogP contribution in [0.1, 0.15) is 37.7 Å². The number of anilines is 1. The highest BCUT2D eigenvalue weighted by Crippen LogP contribution is 2.31. The maximum atomic E-state index is 8.47. The topological polar surface area (TPSA) is 125 Å². The summed E-state index contributed by atoms with van der Waals surface area (Å²) in [5.41, 5.74) is 3.20. The molecule has 2 aliphatic rings. The van der Waals surface area contributed by atoms with E-state index in [4.69, 9.17) is 15.8 Å². The first-order chi connectivity index (χ1) is 18.2. The Morgan fingerprint density at radius 3 is 2.81 bits per heavy atom. The van der Waals surface area contributed by atoms with Gasteiger partial charge < -0.3 is 26.3 Å². The summed E-state index contributed by atoms with van der Waals surface area (Å²) in [4.78, 5) is 11.9. The monoisotopic (exact) mass is 523 g/mol. The first-order valence-electron chi connectivity index (χ1n) is 13.5. The molecule has 1 unspecified atom stereocenters. The molecule has 1 saturated carbocycles. The zero-order chi connectivity index (χ0) is 25.9. The van der Waals surface area contributed by atoms with Crippen LogP contribution in [0, 0.1) is 16.7 Å². The Bertz CT molecular complexity index is 1060. The Morgan fingerprint density at radius 1 is 1.24 bits per heavy atom. The van der Waals surface area contributed by atoms with Crippen LogP contribution in [0.25, 0.3) is 16.6 Å². The van der Waals surface area contributed by atoms with E-state index >= 15 is 0 Å². The number of hydrogen-bond acceptors (Lipinski definition) is 10. The molecular formula is C27H41N9S. The van der Waals surface area contributed by atoms with Crippen LogP contribution >= 0.6 is 11.8 Å². The Morgan fingerprint density at radius 2 is 2.05 bits per heavy atom. The molecule has 4 rings (SSSR count). The van der Waals surface area contributed by atoms with Gasteiger partial charge in [0.05, 0.1) is 16.1 Å². The fraction of sp³-hybridized carbons (Fsp3) is 0.556. The molecule has 6 N–H and O–H groups in total. The molecule has 0 bridgehead atoms. The lowest BCUT2D eigenvalue weighted by atomic mass is 10.1. The lowest BCUT2D eigenvalue weighted by molar-refractivity contribution is 0.238. The maximum absolute atomic E-state index is 8.47. The quantitative estimate of drug-likeness (QED) is 0.102. The minimum atomic E-state index is -0.121. The number of piperazine rings is 1. The molecule has 2 aromatic rings. The van der Waals surface area contributed by atoms with Gasteiger partial charge in [0.2, 0.25) is 0 Å². The minimum absolute atomic E-state index is 0.121. The van der Waals surface area contributed by atoms with Crippen molar-refractivity contribution in [2.75, 3.05) is 58.2 Å². The largest absolute Gasteiger partial charge is 0.346 e. The van der Waals surface area contributed by atoms with E-state index in [9.17, 15) is 0 Å². The van der Waals surface area contributed by atoms with Gasteiger partial charge in [-0.2, -0.15) is 0 Å². The van der Waals surface area contributed by atoms with Gasteiger partial charge in [0, 0.05) is 56.6 Å². The van der Waals surface area contributed by atoms with Gasteiger partial charge in [-0.15, -0.1) is 0 Å². The molecule has 3 heterocycles. The zero-order valence-electron chi connectivity index (χ0n) is 21.9. The predicted molar refractivity (Wildman–Crippen MR) is 157 cm³/mol. The molecule has 2 fully saturated rings. The van der Waals surface area contributed by atoms with E-state index in [0.717, 1.165) is 91.6 Å². The number of nitrogens with one attached hydrogen (secondary N) is 6. The number of nitrogens with zero attached hydrogens (tertiary/aromatic N) is 3. The van der Waals surface area contributed by atoms with E-state index < -0.39 is 0 Å². The second-order valence-electron chi connectivity index (χ2n) is 9.69. The van der Waals surface area contributed by atoms with Crippen molar-refractivity contribution >= 4 is 45.4 Å². The second kappa shape index (κ2) is 14.5. The van der Waals surface area contributed by atoms with Crippen LogP contribution in [0.15, 0.2) is 30.5 Å². The van der Waals surface area contributed by atoms with E-state index in [-0.39, 0.29) is 5.50 Å². The lowest BCUT2D eigenvalue weighted by Gasteiger charge is -2.27. The summed E-state index contributed by atoms with van der Waals surface area (Å²) >= 11 is 1.53. The summed E-state index contributed by atoms with van der Waals surface area (Å²) in [7, 11) is 1.90. The van der Waals surface area contributed by atoms with Gasteiger partial charge >= 0.3 is 0 Å². The molecule has 1 aliphatic heterocycles. The van der Waals surface area contributed by atoms with Crippen molar-refractivity contribution in [1.29, 1.82) is 10.8 Å². The normalized spacial score (nSPS) is 18.2. The van der Waals surface area contributed by atoms with Crippen molar-refractivity contribution in [3.63, 3.8) is 0 Å². The molecule has 9 nitrogen and oxygen atoms in total. The Labute approximate surface area is 224 Å². The number of aromatic nitrogens is 2. The molecule has 0 aromatic carbocycles. The average Bonchev–Trinajstić information content (AvgIpc) is 3.48. The molecule has 1 aliphatic carbocycles. The third kappa shape index (κ3) is 8.31. The van der Waals surface area contributed by atoms with Gasteiger partial charge in [-0.1, -0.05) is 30.7 Å². The van der Waals surface area contributed by atoms with Gasteiger partial charge in [-0.05, 0) is 63.2 Å². The smallest absolute Gasteiger partial charge is 0.132 e. The Kier molecular flexibility index (Phi) is 10.9. The molecule has 37 heavy (non-hydrogen) atoms. The number of rotatable bonds is 13. The Hall–Kier alpha value is -2.37. The van der Waals surface area contributed by atoms with Crippen molar-refractivity contribution in [2.24, 2.45) is 5.92 Å². The van der Waals surface area contributed by atoms with Crippen LogP contribution in [0.4, 0.5) is 5.82 Å². The fourth-order valence-electron chi connectivity index (χ4n) is 4.86. The van der Waals surface area contributed by atoms with Crippen molar-refractivity contribution in [1.82, 2.24) is 30.8 Å². The van der Waals surface area contributed by atoms with Crippen LogP contribution < -0.4 is 21.3 Å². The van der Waals surface area contributed by atoms with Crippen LogP contribution in [-0.4, -0.2) is 84.5 Å². The summed E-state index contributed by atoms with van der Waals surface area (Å²) in [6, 6.07) is 5.88. The molecule has 0 spiro atoms. The fourth-order valence-corrected chi connectivity index (χ4v) is 5.84.